The average molecular weight is 488 g/mol. The van der Waals surface area contributed by atoms with Gasteiger partial charge in [0.15, 0.2) is 5.82 Å². The minimum atomic E-state index is -0.211. The molecule has 158 valence electrons. The van der Waals surface area contributed by atoms with Gasteiger partial charge in [-0.2, -0.15) is 0 Å². The number of esters is 1. The van der Waals surface area contributed by atoms with Gasteiger partial charge in [-0.15, -0.1) is 11.3 Å². The van der Waals surface area contributed by atoms with E-state index in [0.29, 0.717) is 6.61 Å². The van der Waals surface area contributed by atoms with E-state index >= 15 is 0 Å². The number of benzene rings is 1. The van der Waals surface area contributed by atoms with Gasteiger partial charge >= 0.3 is 5.97 Å². The molecule has 0 amide bonds. The van der Waals surface area contributed by atoms with Crippen LogP contribution in [0.15, 0.2) is 34.1 Å². The van der Waals surface area contributed by atoms with E-state index in [4.69, 9.17) is 14.7 Å². The van der Waals surface area contributed by atoms with Crippen molar-refractivity contribution < 1.29 is 9.53 Å². The van der Waals surface area contributed by atoms with Crippen molar-refractivity contribution in [3.63, 3.8) is 0 Å². The Kier molecular flexibility index (Phi) is 7.61. The number of rotatable bonds is 8. The second-order valence-corrected chi connectivity index (χ2v) is 9.27. The lowest BCUT2D eigenvalue weighted by atomic mass is 10.1. The van der Waals surface area contributed by atoms with Crippen LogP contribution in [0.2, 0.25) is 0 Å². The van der Waals surface area contributed by atoms with Gasteiger partial charge in [0.25, 0.3) is 0 Å². The lowest BCUT2D eigenvalue weighted by Crippen LogP contribution is -2.08. The Morgan fingerprint density at radius 3 is 2.43 bits per heavy atom. The smallest absolute Gasteiger partial charge is 0.310 e. The van der Waals surface area contributed by atoms with Gasteiger partial charge in [0, 0.05) is 16.9 Å². The second-order valence-electron chi connectivity index (χ2n) is 6.90. The van der Waals surface area contributed by atoms with Gasteiger partial charge in [-0.05, 0) is 71.9 Å². The highest BCUT2D eigenvalue weighted by Gasteiger charge is 2.16. The fourth-order valence-corrected chi connectivity index (χ4v) is 4.67. The first kappa shape index (κ1) is 22.4. The van der Waals surface area contributed by atoms with E-state index in [1.165, 1.54) is 5.56 Å². The molecule has 2 aromatic heterocycles. The molecule has 0 fully saturated rings. The number of hydrogen-bond donors (Lipinski definition) is 1. The van der Waals surface area contributed by atoms with Crippen LogP contribution in [0, 0.1) is 6.92 Å². The predicted octanol–water partition coefficient (Wildman–Crippen LogP) is 6.25. The van der Waals surface area contributed by atoms with Gasteiger partial charge in [-0.25, -0.2) is 9.97 Å². The zero-order chi connectivity index (χ0) is 21.7. The number of thiophene rings is 1. The molecule has 2 heterocycles. The molecule has 0 spiro atoms. The third kappa shape index (κ3) is 5.26. The summed E-state index contributed by atoms with van der Waals surface area (Å²) in [6, 6.07) is 9.92. The van der Waals surface area contributed by atoms with Gasteiger partial charge in [0.1, 0.15) is 5.82 Å². The minimum Gasteiger partial charge on any atom is -0.466 e. The molecule has 0 radical (unpaired) electrons. The van der Waals surface area contributed by atoms with Gasteiger partial charge in [-0.1, -0.05) is 26.0 Å². The van der Waals surface area contributed by atoms with Crippen LogP contribution in [0.4, 0.5) is 11.5 Å². The molecular formula is C23H26BrN3O2S. The van der Waals surface area contributed by atoms with Crippen molar-refractivity contribution in [1.82, 2.24) is 9.97 Å². The zero-order valence-electron chi connectivity index (χ0n) is 17.7. The van der Waals surface area contributed by atoms with Crippen molar-refractivity contribution in [2.24, 2.45) is 0 Å². The fourth-order valence-electron chi connectivity index (χ4n) is 3.20. The van der Waals surface area contributed by atoms with Crippen LogP contribution in [0.1, 0.15) is 43.2 Å². The van der Waals surface area contributed by atoms with Crippen LogP contribution in [0.5, 0.6) is 0 Å². The van der Waals surface area contributed by atoms with Crippen LogP contribution in [-0.4, -0.2) is 22.5 Å². The summed E-state index contributed by atoms with van der Waals surface area (Å²) in [6.45, 7) is 8.52. The largest absolute Gasteiger partial charge is 0.466 e. The molecule has 1 N–H and O–H groups in total. The van der Waals surface area contributed by atoms with Crippen molar-refractivity contribution in [2.45, 2.75) is 47.0 Å². The molecule has 1 aromatic carbocycles. The second kappa shape index (κ2) is 10.2. The van der Waals surface area contributed by atoms with Gasteiger partial charge in [0.2, 0.25) is 0 Å². The van der Waals surface area contributed by atoms with Crippen LogP contribution in [0.3, 0.4) is 0 Å². The third-order valence-corrected chi connectivity index (χ3v) is 6.86. The number of hydrogen-bond acceptors (Lipinski definition) is 6. The van der Waals surface area contributed by atoms with E-state index in [2.05, 4.69) is 48.1 Å². The van der Waals surface area contributed by atoms with E-state index in [-0.39, 0.29) is 12.4 Å². The number of carbonyl (C=O) groups is 1. The van der Waals surface area contributed by atoms with E-state index in [1.807, 2.05) is 31.2 Å². The number of carbonyl (C=O) groups excluding carboxylic acids is 1. The van der Waals surface area contributed by atoms with Crippen molar-refractivity contribution >= 4 is 44.7 Å². The SMILES string of the molecule is CCOC(=O)Cc1ccc(Nc2nc(-c3cc(C)c(Br)s3)nc(CC)c2CC)cc1. The molecular weight excluding hydrogens is 462 g/mol. The Bertz CT molecular complexity index is 1010. The van der Waals surface area contributed by atoms with Crippen molar-refractivity contribution in [2.75, 3.05) is 11.9 Å². The Hall–Kier alpha value is -2.25. The molecule has 0 bridgehead atoms. The van der Waals surface area contributed by atoms with E-state index < -0.39 is 0 Å². The molecule has 3 rings (SSSR count). The number of nitrogens with zero attached hydrogens (tertiary/aromatic N) is 2. The molecule has 0 saturated carbocycles. The Morgan fingerprint density at radius 2 is 1.87 bits per heavy atom. The number of aryl methyl sites for hydroxylation is 2. The number of ether oxygens (including phenoxy) is 1. The topological polar surface area (TPSA) is 64.1 Å². The summed E-state index contributed by atoms with van der Waals surface area (Å²) in [5.74, 6) is 1.36. The summed E-state index contributed by atoms with van der Waals surface area (Å²) >= 11 is 5.24. The minimum absolute atomic E-state index is 0.211. The van der Waals surface area contributed by atoms with Crippen molar-refractivity contribution in [3.8, 4) is 10.7 Å². The highest BCUT2D eigenvalue weighted by molar-refractivity contribution is 9.11. The maximum Gasteiger partial charge on any atom is 0.310 e. The zero-order valence-corrected chi connectivity index (χ0v) is 20.1. The molecule has 3 aromatic rings. The molecule has 7 heteroatoms. The first-order valence-electron chi connectivity index (χ1n) is 10.1. The molecule has 30 heavy (non-hydrogen) atoms. The number of anilines is 2. The summed E-state index contributed by atoms with van der Waals surface area (Å²) in [4.78, 5) is 22.4. The van der Waals surface area contributed by atoms with Crippen LogP contribution >= 0.6 is 27.3 Å². The normalized spacial score (nSPS) is 10.8. The lowest BCUT2D eigenvalue weighted by Gasteiger charge is -2.15. The lowest BCUT2D eigenvalue weighted by molar-refractivity contribution is -0.142. The summed E-state index contributed by atoms with van der Waals surface area (Å²) < 4.78 is 6.12. The van der Waals surface area contributed by atoms with Gasteiger partial charge in [-0.3, -0.25) is 4.79 Å². The van der Waals surface area contributed by atoms with Crippen molar-refractivity contribution in [3.05, 3.63) is 56.5 Å². The molecule has 5 nitrogen and oxygen atoms in total. The van der Waals surface area contributed by atoms with E-state index in [0.717, 1.165) is 55.7 Å². The number of aromatic nitrogens is 2. The van der Waals surface area contributed by atoms with Gasteiger partial charge < -0.3 is 10.1 Å². The molecule has 0 aliphatic rings. The molecule has 0 unspecified atom stereocenters. The monoisotopic (exact) mass is 487 g/mol. The van der Waals surface area contributed by atoms with E-state index in [9.17, 15) is 4.79 Å². The summed E-state index contributed by atoms with van der Waals surface area (Å²) in [5.41, 5.74) is 5.22. The summed E-state index contributed by atoms with van der Waals surface area (Å²) in [6.07, 6.45) is 1.97. The number of halogens is 1. The highest BCUT2D eigenvalue weighted by Crippen LogP contribution is 2.35. The first-order chi connectivity index (χ1) is 14.4. The van der Waals surface area contributed by atoms with Crippen LogP contribution < -0.4 is 5.32 Å². The maximum atomic E-state index is 11.7. The summed E-state index contributed by atoms with van der Waals surface area (Å²) in [7, 11) is 0. The quantitative estimate of drug-likeness (QED) is 0.380. The Balaban J connectivity index is 1.90. The Labute approximate surface area is 190 Å². The Morgan fingerprint density at radius 1 is 1.13 bits per heavy atom. The number of nitrogens with one attached hydrogen (secondary N) is 1. The third-order valence-electron chi connectivity index (χ3n) is 4.73. The van der Waals surface area contributed by atoms with Gasteiger partial charge in [0.05, 0.1) is 21.7 Å². The summed E-state index contributed by atoms with van der Waals surface area (Å²) in [5, 5.41) is 3.46. The molecule has 0 saturated heterocycles. The average Bonchev–Trinajstić information content (AvgIpc) is 3.07. The first-order valence-corrected chi connectivity index (χ1v) is 11.7. The molecule has 0 aliphatic carbocycles. The molecule has 0 atom stereocenters. The van der Waals surface area contributed by atoms with Crippen LogP contribution in [0.25, 0.3) is 10.7 Å². The van der Waals surface area contributed by atoms with E-state index in [1.54, 1.807) is 11.3 Å². The van der Waals surface area contributed by atoms with Crippen LogP contribution in [-0.2, 0) is 28.8 Å². The maximum absolute atomic E-state index is 11.7. The van der Waals surface area contributed by atoms with Crippen molar-refractivity contribution in [1.29, 1.82) is 0 Å². The highest BCUT2D eigenvalue weighted by atomic mass is 79.9. The predicted molar refractivity (Wildman–Crippen MR) is 127 cm³/mol. The fraction of sp³-hybridized carbons (Fsp3) is 0.348. The molecule has 0 aliphatic heterocycles. The standard InChI is InChI=1S/C23H26BrN3O2S/c1-5-17-18(6-2)26-23(19-12-14(4)21(24)30-19)27-22(17)25-16-10-8-15(9-11-16)13-20(28)29-7-3/h8-12H,5-7,13H2,1-4H3,(H,25,26,27).